The van der Waals surface area contributed by atoms with Crippen molar-refractivity contribution in [1.29, 1.82) is 0 Å². The topological polar surface area (TPSA) is 32.3 Å². The molecule has 0 radical (unpaired) electrons. The molecular weight excluding hydrogens is 176 g/mol. The van der Waals surface area contributed by atoms with Crippen molar-refractivity contribution in [2.75, 3.05) is 26.2 Å². The van der Waals surface area contributed by atoms with Gasteiger partial charge in [-0.1, -0.05) is 18.8 Å². The van der Waals surface area contributed by atoms with Crippen molar-refractivity contribution in [3.8, 4) is 11.8 Å². The third-order valence-corrected chi connectivity index (χ3v) is 2.32. The Balaban J connectivity index is 2.05. The fraction of sp³-hybridized carbons (Fsp3) is 0.727. The number of amides is 1. The number of hydrogen-bond donors (Lipinski definition) is 1. The highest BCUT2D eigenvalue weighted by atomic mass is 16.1. The first-order valence-corrected chi connectivity index (χ1v) is 5.27. The lowest BCUT2D eigenvalue weighted by molar-refractivity contribution is -0.120. The van der Waals surface area contributed by atoms with Crippen LogP contribution in [0.3, 0.4) is 0 Å². The number of carbonyl (C=O) groups excluding carboxylic acids is 1. The van der Waals surface area contributed by atoms with Gasteiger partial charge < -0.3 is 5.32 Å². The van der Waals surface area contributed by atoms with Gasteiger partial charge in [-0.25, -0.2) is 0 Å². The lowest BCUT2D eigenvalue weighted by Gasteiger charge is -2.08. The first kappa shape index (κ1) is 11.1. The van der Waals surface area contributed by atoms with E-state index in [-0.39, 0.29) is 5.91 Å². The molecule has 0 spiro atoms. The van der Waals surface area contributed by atoms with Crippen LogP contribution in [0.5, 0.6) is 0 Å². The molecule has 1 saturated heterocycles. The van der Waals surface area contributed by atoms with Gasteiger partial charge in [-0.05, 0) is 25.9 Å². The molecule has 78 valence electrons. The Morgan fingerprint density at radius 1 is 1.36 bits per heavy atom. The maximum Gasteiger partial charge on any atom is 0.220 e. The molecule has 1 N–H and O–H groups in total. The van der Waals surface area contributed by atoms with E-state index in [0.29, 0.717) is 13.0 Å². The van der Waals surface area contributed by atoms with Crippen molar-refractivity contribution in [3.63, 3.8) is 0 Å². The van der Waals surface area contributed by atoms with E-state index < -0.39 is 0 Å². The number of nitrogens with one attached hydrogen (secondary N) is 1. The van der Waals surface area contributed by atoms with Crippen molar-refractivity contribution in [1.82, 2.24) is 10.2 Å². The van der Waals surface area contributed by atoms with Crippen LogP contribution in [0.1, 0.15) is 26.2 Å². The lowest BCUT2D eigenvalue weighted by Crippen LogP contribution is -2.23. The molecule has 0 aliphatic carbocycles. The maximum absolute atomic E-state index is 10.8. The largest absolute Gasteiger partial charge is 0.345 e. The van der Waals surface area contributed by atoms with Crippen molar-refractivity contribution in [3.05, 3.63) is 0 Å². The third-order valence-electron chi connectivity index (χ3n) is 2.32. The Morgan fingerprint density at radius 2 is 2.07 bits per heavy atom. The molecule has 1 aliphatic heterocycles. The van der Waals surface area contributed by atoms with Crippen molar-refractivity contribution >= 4 is 5.91 Å². The molecule has 3 heteroatoms. The van der Waals surface area contributed by atoms with E-state index >= 15 is 0 Å². The number of rotatable bonds is 3. The van der Waals surface area contributed by atoms with Gasteiger partial charge in [-0.2, -0.15) is 0 Å². The molecule has 1 rings (SSSR count). The SMILES string of the molecule is CCC(=O)NCC#CCN1CCCC1. The maximum atomic E-state index is 10.8. The van der Waals surface area contributed by atoms with E-state index in [2.05, 4.69) is 22.1 Å². The molecule has 0 aromatic rings. The van der Waals surface area contributed by atoms with Crippen LogP contribution in [0.15, 0.2) is 0 Å². The first-order valence-electron chi connectivity index (χ1n) is 5.27. The summed E-state index contributed by atoms with van der Waals surface area (Å²) in [5.41, 5.74) is 0. The number of nitrogens with zero attached hydrogens (tertiary/aromatic N) is 1. The molecule has 1 aliphatic rings. The molecule has 1 fully saturated rings. The van der Waals surface area contributed by atoms with Crippen molar-refractivity contribution < 1.29 is 4.79 Å². The minimum atomic E-state index is 0.0699. The first-order chi connectivity index (χ1) is 6.83. The van der Waals surface area contributed by atoms with Crippen LogP contribution in [0.2, 0.25) is 0 Å². The molecule has 1 amide bonds. The molecule has 0 saturated carbocycles. The summed E-state index contributed by atoms with van der Waals surface area (Å²) in [7, 11) is 0. The summed E-state index contributed by atoms with van der Waals surface area (Å²) in [5, 5.41) is 2.73. The van der Waals surface area contributed by atoms with Gasteiger partial charge in [-0.15, -0.1) is 0 Å². The van der Waals surface area contributed by atoms with E-state index in [1.165, 1.54) is 25.9 Å². The van der Waals surface area contributed by atoms with Gasteiger partial charge in [0.15, 0.2) is 0 Å². The number of hydrogen-bond acceptors (Lipinski definition) is 2. The van der Waals surface area contributed by atoms with Gasteiger partial charge >= 0.3 is 0 Å². The predicted molar refractivity (Wildman–Crippen MR) is 56.8 cm³/mol. The Bertz CT molecular complexity index is 233. The Hall–Kier alpha value is -1.01. The van der Waals surface area contributed by atoms with Gasteiger partial charge in [0.1, 0.15) is 0 Å². The second-order valence-corrected chi connectivity index (χ2v) is 3.47. The van der Waals surface area contributed by atoms with E-state index in [1.807, 2.05) is 6.92 Å². The summed E-state index contributed by atoms with van der Waals surface area (Å²) in [4.78, 5) is 13.2. The molecule has 0 aromatic heterocycles. The van der Waals surface area contributed by atoms with Crippen molar-refractivity contribution in [2.45, 2.75) is 26.2 Å². The van der Waals surface area contributed by atoms with Crippen LogP contribution in [-0.4, -0.2) is 37.0 Å². The Morgan fingerprint density at radius 3 is 2.71 bits per heavy atom. The average Bonchev–Trinajstić information content (AvgIpc) is 2.69. The second kappa shape index (κ2) is 6.44. The summed E-state index contributed by atoms with van der Waals surface area (Å²) in [6, 6.07) is 0. The minimum Gasteiger partial charge on any atom is -0.345 e. The van der Waals surface area contributed by atoms with Crippen LogP contribution in [0.4, 0.5) is 0 Å². The zero-order valence-electron chi connectivity index (χ0n) is 8.81. The highest BCUT2D eigenvalue weighted by molar-refractivity contribution is 5.75. The molecular formula is C11H18N2O. The standard InChI is InChI=1S/C11H18N2O/c1-2-11(14)12-7-3-4-8-13-9-5-6-10-13/h2,5-10H2,1H3,(H,12,14). The van der Waals surface area contributed by atoms with E-state index in [0.717, 1.165) is 6.54 Å². The van der Waals surface area contributed by atoms with Crippen LogP contribution in [0, 0.1) is 11.8 Å². The summed E-state index contributed by atoms with van der Waals surface area (Å²) in [5.74, 6) is 6.09. The molecule has 14 heavy (non-hydrogen) atoms. The van der Waals surface area contributed by atoms with Crippen LogP contribution >= 0.6 is 0 Å². The fourth-order valence-electron chi connectivity index (χ4n) is 1.44. The van der Waals surface area contributed by atoms with E-state index in [4.69, 9.17) is 0 Å². The summed E-state index contributed by atoms with van der Waals surface area (Å²) < 4.78 is 0. The Labute approximate surface area is 85.9 Å². The number of carbonyl (C=O) groups is 1. The van der Waals surface area contributed by atoms with E-state index in [9.17, 15) is 4.79 Å². The highest BCUT2D eigenvalue weighted by Gasteiger charge is 2.08. The second-order valence-electron chi connectivity index (χ2n) is 3.47. The predicted octanol–water partition coefficient (Wildman–Crippen LogP) is 0.612. The minimum absolute atomic E-state index is 0.0699. The molecule has 0 aromatic carbocycles. The monoisotopic (exact) mass is 194 g/mol. The van der Waals surface area contributed by atoms with Crippen LogP contribution in [0.25, 0.3) is 0 Å². The molecule has 0 unspecified atom stereocenters. The van der Waals surface area contributed by atoms with E-state index in [1.54, 1.807) is 0 Å². The molecule has 1 heterocycles. The summed E-state index contributed by atoms with van der Waals surface area (Å²) in [6.07, 6.45) is 3.14. The molecule has 0 bridgehead atoms. The molecule has 3 nitrogen and oxygen atoms in total. The van der Waals surface area contributed by atoms with Gasteiger partial charge in [-0.3, -0.25) is 9.69 Å². The Kier molecular flexibility index (Phi) is 5.09. The number of likely N-dealkylation sites (tertiary alicyclic amines) is 1. The van der Waals surface area contributed by atoms with Crippen LogP contribution in [-0.2, 0) is 4.79 Å². The van der Waals surface area contributed by atoms with Gasteiger partial charge in [0, 0.05) is 6.42 Å². The van der Waals surface area contributed by atoms with Gasteiger partial charge in [0.25, 0.3) is 0 Å². The zero-order valence-corrected chi connectivity index (χ0v) is 8.81. The van der Waals surface area contributed by atoms with Crippen LogP contribution < -0.4 is 5.32 Å². The highest BCUT2D eigenvalue weighted by Crippen LogP contribution is 2.05. The normalized spacial score (nSPS) is 16.1. The smallest absolute Gasteiger partial charge is 0.220 e. The summed E-state index contributed by atoms with van der Waals surface area (Å²) >= 11 is 0. The summed E-state index contributed by atoms with van der Waals surface area (Å²) in [6.45, 7) is 5.53. The zero-order chi connectivity index (χ0) is 10.2. The van der Waals surface area contributed by atoms with Crippen molar-refractivity contribution in [2.24, 2.45) is 0 Å². The fourth-order valence-corrected chi connectivity index (χ4v) is 1.44. The third kappa shape index (κ3) is 4.29. The van der Waals surface area contributed by atoms with Gasteiger partial charge in [0.2, 0.25) is 5.91 Å². The quantitative estimate of drug-likeness (QED) is 0.668. The van der Waals surface area contributed by atoms with Gasteiger partial charge in [0.05, 0.1) is 13.1 Å². The lowest BCUT2D eigenvalue weighted by atomic mass is 10.4. The molecule has 0 atom stereocenters. The average molecular weight is 194 g/mol.